The third-order valence-corrected chi connectivity index (χ3v) is 3.65. The van der Waals surface area contributed by atoms with Gasteiger partial charge in [-0.2, -0.15) is 0 Å². The average Bonchev–Trinajstić information content (AvgIpc) is 2.41. The van der Waals surface area contributed by atoms with Crippen molar-refractivity contribution >= 4 is 22.6 Å². The molecule has 18 heavy (non-hydrogen) atoms. The summed E-state index contributed by atoms with van der Waals surface area (Å²) in [5.41, 5.74) is 3.77. The summed E-state index contributed by atoms with van der Waals surface area (Å²) in [5.74, 6) is 0. The van der Waals surface area contributed by atoms with E-state index in [0.717, 1.165) is 4.43 Å². The van der Waals surface area contributed by atoms with E-state index in [9.17, 15) is 0 Å². The van der Waals surface area contributed by atoms with Crippen molar-refractivity contribution in [2.75, 3.05) is 4.43 Å². The van der Waals surface area contributed by atoms with Gasteiger partial charge in [0.15, 0.2) is 0 Å². The minimum absolute atomic E-state index is 0.172. The number of benzene rings is 2. The van der Waals surface area contributed by atoms with Gasteiger partial charge in [0.2, 0.25) is 0 Å². The molecule has 0 bridgehead atoms. The van der Waals surface area contributed by atoms with Gasteiger partial charge >= 0.3 is 0 Å². The maximum absolute atomic E-state index is 6.01. The summed E-state index contributed by atoms with van der Waals surface area (Å²) in [7, 11) is 0. The van der Waals surface area contributed by atoms with Crippen LogP contribution in [0.15, 0.2) is 54.6 Å². The first kappa shape index (κ1) is 13.6. The lowest BCUT2D eigenvalue weighted by Crippen LogP contribution is -2.06. The Balaban J connectivity index is 2.02. The fourth-order valence-corrected chi connectivity index (χ4v) is 2.63. The second-order valence-corrected chi connectivity index (χ2v) is 5.23. The third kappa shape index (κ3) is 3.82. The molecule has 0 amide bonds. The lowest BCUT2D eigenvalue weighted by molar-refractivity contribution is 0.0577. The molecule has 2 heteroatoms. The highest BCUT2D eigenvalue weighted by Gasteiger charge is 2.10. The molecule has 1 unspecified atom stereocenters. The molecule has 0 heterocycles. The summed E-state index contributed by atoms with van der Waals surface area (Å²) in [5, 5.41) is 0. The van der Waals surface area contributed by atoms with Crippen molar-refractivity contribution in [2.24, 2.45) is 0 Å². The van der Waals surface area contributed by atoms with Crippen LogP contribution in [0.1, 0.15) is 22.8 Å². The molecule has 0 saturated heterocycles. The van der Waals surface area contributed by atoms with Gasteiger partial charge in [-0.25, -0.2) is 0 Å². The van der Waals surface area contributed by atoms with E-state index in [0.29, 0.717) is 6.61 Å². The number of aryl methyl sites for hydroxylation is 1. The van der Waals surface area contributed by atoms with E-state index in [1.165, 1.54) is 16.7 Å². The number of rotatable bonds is 5. The van der Waals surface area contributed by atoms with Crippen LogP contribution >= 0.6 is 22.6 Å². The molecule has 0 aliphatic rings. The Morgan fingerprint density at radius 2 is 1.83 bits per heavy atom. The Labute approximate surface area is 122 Å². The third-order valence-electron chi connectivity index (χ3n) is 2.85. The van der Waals surface area contributed by atoms with Crippen LogP contribution in [0.25, 0.3) is 0 Å². The van der Waals surface area contributed by atoms with E-state index in [2.05, 4.69) is 65.9 Å². The maximum Gasteiger partial charge on any atom is 0.0918 e. The zero-order valence-corrected chi connectivity index (χ0v) is 12.6. The van der Waals surface area contributed by atoms with E-state index in [4.69, 9.17) is 4.74 Å². The standard InChI is InChI=1S/C16H17IO/c1-13-6-5-9-15(10-13)16(11-17)18-12-14-7-3-2-4-8-14/h2-10,16H,11-12H2,1H3. The summed E-state index contributed by atoms with van der Waals surface area (Å²) >= 11 is 2.38. The lowest BCUT2D eigenvalue weighted by atomic mass is 10.1. The van der Waals surface area contributed by atoms with Crippen molar-refractivity contribution in [3.63, 3.8) is 0 Å². The number of ether oxygens (including phenoxy) is 1. The van der Waals surface area contributed by atoms with Crippen molar-refractivity contribution in [1.29, 1.82) is 0 Å². The van der Waals surface area contributed by atoms with Crippen LogP contribution < -0.4 is 0 Å². The Kier molecular flexibility index (Phi) is 5.20. The van der Waals surface area contributed by atoms with E-state index >= 15 is 0 Å². The van der Waals surface area contributed by atoms with Crippen LogP contribution in [-0.4, -0.2) is 4.43 Å². The zero-order chi connectivity index (χ0) is 12.8. The van der Waals surface area contributed by atoms with Crippen molar-refractivity contribution in [3.05, 3.63) is 71.3 Å². The Morgan fingerprint density at radius 3 is 2.50 bits per heavy atom. The molecular weight excluding hydrogens is 335 g/mol. The van der Waals surface area contributed by atoms with E-state index in [-0.39, 0.29) is 6.10 Å². The molecule has 0 aromatic heterocycles. The van der Waals surface area contributed by atoms with Crippen LogP contribution in [0.4, 0.5) is 0 Å². The molecule has 2 rings (SSSR count). The second kappa shape index (κ2) is 6.90. The van der Waals surface area contributed by atoms with Gasteiger partial charge in [0.25, 0.3) is 0 Å². The van der Waals surface area contributed by atoms with Gasteiger partial charge < -0.3 is 4.74 Å². The summed E-state index contributed by atoms with van der Waals surface area (Å²) in [6.07, 6.45) is 0.172. The molecule has 0 saturated carbocycles. The van der Waals surface area contributed by atoms with E-state index in [1.807, 2.05) is 18.2 Å². The summed E-state index contributed by atoms with van der Waals surface area (Å²) in [6.45, 7) is 2.79. The maximum atomic E-state index is 6.01. The molecule has 0 fully saturated rings. The molecule has 0 N–H and O–H groups in total. The zero-order valence-electron chi connectivity index (χ0n) is 10.5. The van der Waals surface area contributed by atoms with Crippen LogP contribution in [0.5, 0.6) is 0 Å². The molecule has 1 atom stereocenters. The summed E-state index contributed by atoms with van der Waals surface area (Å²) in [6, 6.07) is 18.9. The predicted molar refractivity (Wildman–Crippen MR) is 84.0 cm³/mol. The van der Waals surface area contributed by atoms with Crippen molar-refractivity contribution in [2.45, 2.75) is 19.6 Å². The molecule has 2 aromatic carbocycles. The minimum Gasteiger partial charge on any atom is -0.368 e. The molecule has 1 nitrogen and oxygen atoms in total. The van der Waals surface area contributed by atoms with Gasteiger partial charge in [-0.3, -0.25) is 0 Å². The number of halogens is 1. The number of hydrogen-bond acceptors (Lipinski definition) is 1. The second-order valence-electron chi connectivity index (χ2n) is 4.35. The SMILES string of the molecule is Cc1cccc(C(CI)OCc2ccccc2)c1. The van der Waals surface area contributed by atoms with Crippen LogP contribution in [0.3, 0.4) is 0 Å². The minimum atomic E-state index is 0.172. The Hall–Kier alpha value is -0.870. The first-order valence-corrected chi connectivity index (χ1v) is 7.60. The van der Waals surface area contributed by atoms with Gasteiger partial charge in [0.05, 0.1) is 12.7 Å². The highest BCUT2D eigenvalue weighted by molar-refractivity contribution is 14.1. The fourth-order valence-electron chi connectivity index (χ4n) is 1.87. The van der Waals surface area contributed by atoms with E-state index < -0.39 is 0 Å². The van der Waals surface area contributed by atoms with Crippen LogP contribution in [-0.2, 0) is 11.3 Å². The molecular formula is C16H17IO. The van der Waals surface area contributed by atoms with Crippen LogP contribution in [0.2, 0.25) is 0 Å². The summed E-state index contributed by atoms with van der Waals surface area (Å²) in [4.78, 5) is 0. The monoisotopic (exact) mass is 352 g/mol. The predicted octanol–water partition coefficient (Wildman–Crippen LogP) is 4.69. The molecule has 2 aromatic rings. The van der Waals surface area contributed by atoms with Crippen molar-refractivity contribution in [1.82, 2.24) is 0 Å². The first-order chi connectivity index (χ1) is 8.79. The van der Waals surface area contributed by atoms with Gasteiger partial charge in [0.1, 0.15) is 0 Å². The molecule has 94 valence electrons. The fraction of sp³-hybridized carbons (Fsp3) is 0.250. The largest absolute Gasteiger partial charge is 0.368 e. The summed E-state index contributed by atoms with van der Waals surface area (Å²) < 4.78 is 6.98. The Bertz CT molecular complexity index is 481. The first-order valence-electron chi connectivity index (χ1n) is 6.07. The highest BCUT2D eigenvalue weighted by atomic mass is 127. The molecule has 0 aliphatic carbocycles. The molecule has 0 radical (unpaired) electrons. The average molecular weight is 352 g/mol. The van der Waals surface area contributed by atoms with Crippen molar-refractivity contribution < 1.29 is 4.74 Å². The van der Waals surface area contributed by atoms with Gasteiger partial charge in [-0.05, 0) is 18.1 Å². The van der Waals surface area contributed by atoms with Gasteiger partial charge in [-0.1, -0.05) is 82.8 Å². The molecule has 0 spiro atoms. The highest BCUT2D eigenvalue weighted by Crippen LogP contribution is 2.22. The smallest absolute Gasteiger partial charge is 0.0918 e. The van der Waals surface area contributed by atoms with Gasteiger partial charge in [-0.15, -0.1) is 0 Å². The molecule has 0 aliphatic heterocycles. The number of hydrogen-bond donors (Lipinski definition) is 0. The number of alkyl halides is 1. The van der Waals surface area contributed by atoms with Crippen LogP contribution in [0, 0.1) is 6.92 Å². The van der Waals surface area contributed by atoms with E-state index in [1.54, 1.807) is 0 Å². The normalized spacial score (nSPS) is 12.3. The quantitative estimate of drug-likeness (QED) is 0.561. The lowest BCUT2D eigenvalue weighted by Gasteiger charge is -2.16. The topological polar surface area (TPSA) is 9.23 Å². The Morgan fingerprint density at radius 1 is 1.06 bits per heavy atom. The van der Waals surface area contributed by atoms with Crippen molar-refractivity contribution in [3.8, 4) is 0 Å². The van der Waals surface area contributed by atoms with Gasteiger partial charge in [0, 0.05) is 4.43 Å².